The van der Waals surface area contributed by atoms with Crippen molar-refractivity contribution < 1.29 is 15.0 Å². The van der Waals surface area contributed by atoms with Gasteiger partial charge in [-0.15, -0.1) is 6.58 Å². The molecular weight excluding hydrogens is 192 g/mol. The SMILES string of the molecule is C=CCCCCCCCCCO.O=CO. The molecule has 15 heavy (non-hydrogen) atoms. The predicted octanol–water partition coefficient (Wildman–Crippen LogP) is 2.99. The maximum absolute atomic E-state index is 8.53. The fraction of sp³-hybridized carbons (Fsp3) is 0.750. The van der Waals surface area contributed by atoms with Gasteiger partial charge in [-0.25, -0.2) is 0 Å². The van der Waals surface area contributed by atoms with Crippen LogP contribution in [-0.4, -0.2) is 23.3 Å². The number of aliphatic hydroxyl groups is 1. The Balaban J connectivity index is 0. The first-order valence-electron chi connectivity index (χ1n) is 5.63. The van der Waals surface area contributed by atoms with Gasteiger partial charge >= 0.3 is 0 Å². The summed E-state index contributed by atoms with van der Waals surface area (Å²) in [5.74, 6) is 0. The molecule has 0 atom stereocenters. The summed E-state index contributed by atoms with van der Waals surface area (Å²) < 4.78 is 0. The van der Waals surface area contributed by atoms with E-state index in [1.807, 2.05) is 6.08 Å². The van der Waals surface area contributed by atoms with Gasteiger partial charge in [-0.2, -0.15) is 0 Å². The van der Waals surface area contributed by atoms with Crippen molar-refractivity contribution in [3.63, 3.8) is 0 Å². The highest BCUT2D eigenvalue weighted by atomic mass is 16.3. The van der Waals surface area contributed by atoms with Crippen molar-refractivity contribution in [2.45, 2.75) is 51.4 Å². The van der Waals surface area contributed by atoms with Crippen molar-refractivity contribution in [1.29, 1.82) is 0 Å². The van der Waals surface area contributed by atoms with Crippen molar-refractivity contribution >= 4 is 6.47 Å². The van der Waals surface area contributed by atoms with Gasteiger partial charge in [0, 0.05) is 6.61 Å². The second-order valence-corrected chi connectivity index (χ2v) is 3.38. The normalized spacial score (nSPS) is 8.87. The number of aliphatic hydroxyl groups excluding tert-OH is 1. The van der Waals surface area contributed by atoms with Crippen molar-refractivity contribution in [2.75, 3.05) is 6.61 Å². The van der Waals surface area contributed by atoms with Gasteiger partial charge in [0.15, 0.2) is 0 Å². The summed E-state index contributed by atoms with van der Waals surface area (Å²) in [4.78, 5) is 8.36. The monoisotopic (exact) mass is 216 g/mol. The minimum atomic E-state index is -0.250. The number of allylic oxidation sites excluding steroid dienone is 1. The zero-order valence-corrected chi connectivity index (χ0v) is 9.53. The second-order valence-electron chi connectivity index (χ2n) is 3.38. The zero-order valence-electron chi connectivity index (χ0n) is 9.53. The Morgan fingerprint density at radius 3 is 1.73 bits per heavy atom. The zero-order chi connectivity index (χ0) is 11.8. The third kappa shape index (κ3) is 24.6. The summed E-state index contributed by atoms with van der Waals surface area (Å²) in [7, 11) is 0. The van der Waals surface area contributed by atoms with Crippen molar-refractivity contribution in [2.24, 2.45) is 0 Å². The minimum Gasteiger partial charge on any atom is -0.483 e. The molecule has 0 saturated carbocycles. The molecule has 0 aromatic carbocycles. The largest absolute Gasteiger partial charge is 0.483 e. The van der Waals surface area contributed by atoms with E-state index in [1.165, 1.54) is 38.5 Å². The molecule has 0 spiro atoms. The maximum atomic E-state index is 8.53. The molecule has 0 aromatic rings. The van der Waals surface area contributed by atoms with Gasteiger partial charge in [-0.3, -0.25) is 4.79 Å². The van der Waals surface area contributed by atoms with Crippen LogP contribution in [0.15, 0.2) is 12.7 Å². The Labute approximate surface area is 92.8 Å². The lowest BCUT2D eigenvalue weighted by Gasteiger charge is -1.99. The highest BCUT2D eigenvalue weighted by Crippen LogP contribution is 2.08. The number of hydrogen-bond acceptors (Lipinski definition) is 2. The number of unbranched alkanes of at least 4 members (excludes halogenated alkanes) is 7. The lowest BCUT2D eigenvalue weighted by atomic mass is 10.1. The van der Waals surface area contributed by atoms with Crippen LogP contribution in [0.25, 0.3) is 0 Å². The third-order valence-corrected chi connectivity index (χ3v) is 2.07. The first-order chi connectivity index (χ1) is 7.33. The van der Waals surface area contributed by atoms with Gasteiger partial charge in [0.2, 0.25) is 0 Å². The van der Waals surface area contributed by atoms with Gasteiger partial charge in [-0.05, 0) is 19.3 Å². The van der Waals surface area contributed by atoms with Crippen LogP contribution in [0.4, 0.5) is 0 Å². The Hall–Kier alpha value is -0.830. The summed E-state index contributed by atoms with van der Waals surface area (Å²) >= 11 is 0. The molecule has 90 valence electrons. The van der Waals surface area contributed by atoms with Crippen molar-refractivity contribution in [3.8, 4) is 0 Å². The molecule has 0 aromatic heterocycles. The molecule has 0 fully saturated rings. The Bertz CT molecular complexity index is 124. The Kier molecular flexibility index (Phi) is 20.9. The molecular formula is C12H24O3. The summed E-state index contributed by atoms with van der Waals surface area (Å²) in [5, 5.41) is 15.4. The van der Waals surface area contributed by atoms with E-state index < -0.39 is 0 Å². The van der Waals surface area contributed by atoms with Gasteiger partial charge in [0.25, 0.3) is 6.47 Å². The Morgan fingerprint density at radius 2 is 1.33 bits per heavy atom. The summed E-state index contributed by atoms with van der Waals surface area (Å²) in [6.45, 7) is 3.80. The van der Waals surface area contributed by atoms with Crippen LogP contribution in [0.1, 0.15) is 51.4 Å². The van der Waals surface area contributed by atoms with Crippen molar-refractivity contribution in [1.82, 2.24) is 0 Å². The molecule has 2 N–H and O–H groups in total. The number of rotatable bonds is 9. The second kappa shape index (κ2) is 18.9. The van der Waals surface area contributed by atoms with E-state index in [1.54, 1.807) is 0 Å². The lowest BCUT2D eigenvalue weighted by molar-refractivity contribution is -0.122. The fourth-order valence-corrected chi connectivity index (χ4v) is 1.28. The van der Waals surface area contributed by atoms with E-state index in [0.717, 1.165) is 12.8 Å². The molecule has 0 unspecified atom stereocenters. The molecule has 3 nitrogen and oxygen atoms in total. The minimum absolute atomic E-state index is 0.250. The number of carbonyl (C=O) groups is 1. The van der Waals surface area contributed by atoms with E-state index in [2.05, 4.69) is 6.58 Å². The lowest BCUT2D eigenvalue weighted by Crippen LogP contribution is -1.83. The molecule has 0 heterocycles. The molecule has 3 heteroatoms. The van der Waals surface area contributed by atoms with Crippen LogP contribution in [0, 0.1) is 0 Å². The maximum Gasteiger partial charge on any atom is 0.290 e. The predicted molar refractivity (Wildman–Crippen MR) is 62.9 cm³/mol. The number of hydrogen-bond donors (Lipinski definition) is 2. The highest BCUT2D eigenvalue weighted by Gasteiger charge is 1.89. The first kappa shape index (κ1) is 16.6. The molecule has 0 rings (SSSR count). The molecule has 0 aliphatic heterocycles. The van der Waals surface area contributed by atoms with Crippen LogP contribution in [0.3, 0.4) is 0 Å². The molecule has 0 amide bonds. The summed E-state index contributed by atoms with van der Waals surface area (Å²) in [5.41, 5.74) is 0. The van der Waals surface area contributed by atoms with E-state index in [-0.39, 0.29) is 6.47 Å². The molecule has 0 bridgehead atoms. The van der Waals surface area contributed by atoms with Gasteiger partial charge in [0.05, 0.1) is 0 Å². The van der Waals surface area contributed by atoms with Crippen LogP contribution in [-0.2, 0) is 4.79 Å². The van der Waals surface area contributed by atoms with Gasteiger partial charge in [-0.1, -0.05) is 38.2 Å². The fourth-order valence-electron chi connectivity index (χ4n) is 1.28. The first-order valence-corrected chi connectivity index (χ1v) is 5.63. The van der Waals surface area contributed by atoms with Gasteiger partial charge in [0.1, 0.15) is 0 Å². The van der Waals surface area contributed by atoms with Crippen molar-refractivity contribution in [3.05, 3.63) is 12.7 Å². The van der Waals surface area contributed by atoms with E-state index in [9.17, 15) is 0 Å². The number of carboxylic acid groups (broad SMARTS) is 1. The third-order valence-electron chi connectivity index (χ3n) is 2.07. The quantitative estimate of drug-likeness (QED) is 0.354. The molecule has 0 radical (unpaired) electrons. The van der Waals surface area contributed by atoms with Gasteiger partial charge < -0.3 is 10.2 Å². The van der Waals surface area contributed by atoms with E-state index in [0.29, 0.717) is 6.61 Å². The molecule has 0 aliphatic rings. The van der Waals surface area contributed by atoms with E-state index >= 15 is 0 Å². The smallest absolute Gasteiger partial charge is 0.290 e. The highest BCUT2D eigenvalue weighted by molar-refractivity contribution is 5.32. The molecule has 0 saturated heterocycles. The van der Waals surface area contributed by atoms with Crippen LogP contribution in [0.2, 0.25) is 0 Å². The summed E-state index contributed by atoms with van der Waals surface area (Å²) in [6, 6.07) is 0. The van der Waals surface area contributed by atoms with Crippen LogP contribution >= 0.6 is 0 Å². The average molecular weight is 216 g/mol. The standard InChI is InChI=1S/C11H22O.CH2O2/c1-2-3-4-5-6-7-8-9-10-11-12;2-1-3/h2,12H,1,3-11H2;1H,(H,2,3). The summed E-state index contributed by atoms with van der Waals surface area (Å²) in [6.07, 6.45) is 11.9. The average Bonchev–Trinajstić information content (AvgIpc) is 2.23. The topological polar surface area (TPSA) is 57.5 Å². The molecule has 0 aliphatic carbocycles. The van der Waals surface area contributed by atoms with Crippen LogP contribution < -0.4 is 0 Å². The Morgan fingerprint density at radius 1 is 0.933 bits per heavy atom. The van der Waals surface area contributed by atoms with Crippen LogP contribution in [0.5, 0.6) is 0 Å². The van der Waals surface area contributed by atoms with E-state index in [4.69, 9.17) is 15.0 Å².